The molecule has 0 radical (unpaired) electrons. The molecule has 6 aliphatic rings. The van der Waals surface area contributed by atoms with Crippen LogP contribution in [0, 0.1) is 0 Å². The van der Waals surface area contributed by atoms with Crippen molar-refractivity contribution >= 4 is 82.9 Å². The Morgan fingerprint density at radius 1 is 0.615 bits per heavy atom. The average molecular weight is 497 g/mol. The highest BCUT2D eigenvalue weighted by molar-refractivity contribution is 9.85. The van der Waals surface area contributed by atoms with Gasteiger partial charge in [0.2, 0.25) is 0 Å². The van der Waals surface area contributed by atoms with Crippen LogP contribution in [0.4, 0.5) is 0 Å². The molecule has 4 fully saturated rings. The lowest BCUT2D eigenvalue weighted by Crippen LogP contribution is -2.19. The molecule has 0 aromatic carbocycles. The lowest BCUT2D eigenvalue weighted by atomic mass is 10.00. The highest BCUT2D eigenvalue weighted by Gasteiger charge is 2.78. The van der Waals surface area contributed by atoms with Crippen LogP contribution in [0.25, 0.3) is 0 Å². The van der Waals surface area contributed by atoms with Crippen LogP contribution in [-0.4, -0.2) is 21.0 Å². The smallest absolute Gasteiger partial charge is 0.0698 e. The maximum absolute atomic E-state index is 2.81. The van der Waals surface area contributed by atoms with Crippen LogP contribution in [0.1, 0.15) is 51.4 Å². The Morgan fingerprint density at radius 3 is 1.54 bits per heavy atom. The van der Waals surface area contributed by atoms with Gasteiger partial charge in [0.1, 0.15) is 0 Å². The molecule has 26 heavy (non-hydrogen) atoms. The first-order chi connectivity index (χ1) is 12.7. The number of thioether (sulfide) groups is 3. The molecule has 1 spiro atoms. The minimum atomic E-state index is -2.58. The van der Waals surface area contributed by atoms with Crippen LogP contribution in [0.5, 0.6) is 0 Å². The summed E-state index contributed by atoms with van der Waals surface area (Å²) in [6, 6.07) is 0. The molecule has 6 rings (SSSR count). The van der Waals surface area contributed by atoms with Crippen molar-refractivity contribution < 1.29 is 0 Å². The average Bonchev–Trinajstić information content (AvgIpc) is 3.38. The molecule has 4 aliphatic heterocycles. The largest absolute Gasteiger partial charge is 0.0901 e. The Kier molecular flexibility index (Phi) is 4.52. The summed E-state index contributed by atoms with van der Waals surface area (Å²) in [6.45, 7) is 0. The van der Waals surface area contributed by atoms with E-state index in [2.05, 4.69) is 76.6 Å². The second-order valence-electron chi connectivity index (χ2n) is 7.82. The van der Waals surface area contributed by atoms with E-state index < -0.39 is 4.42 Å². The molecular formula is C18H24S8. The Labute approximate surface area is 183 Å². The Morgan fingerprint density at radius 2 is 1.08 bits per heavy atom. The van der Waals surface area contributed by atoms with Gasteiger partial charge in [-0.3, -0.25) is 0 Å². The summed E-state index contributed by atoms with van der Waals surface area (Å²) in [5.41, 5.74) is 0. The Bertz CT molecular complexity index is 671. The lowest BCUT2D eigenvalue weighted by molar-refractivity contribution is 0.532. The van der Waals surface area contributed by atoms with Crippen molar-refractivity contribution in [2.24, 2.45) is 0 Å². The molecule has 2 saturated heterocycles. The van der Waals surface area contributed by atoms with E-state index in [1.807, 2.05) is 23.5 Å². The third kappa shape index (κ3) is 2.42. The third-order valence-electron chi connectivity index (χ3n) is 6.17. The van der Waals surface area contributed by atoms with Crippen molar-refractivity contribution in [2.45, 2.75) is 72.4 Å². The molecule has 4 heterocycles. The third-order valence-corrected chi connectivity index (χ3v) is 39.7. The van der Waals surface area contributed by atoms with Crippen molar-refractivity contribution in [3.8, 4) is 0 Å². The van der Waals surface area contributed by atoms with E-state index in [9.17, 15) is 0 Å². The van der Waals surface area contributed by atoms with E-state index in [4.69, 9.17) is 0 Å². The number of hydrogen-bond donors (Lipinski definition) is 0. The van der Waals surface area contributed by atoms with E-state index in [0.717, 1.165) is 21.0 Å². The van der Waals surface area contributed by atoms with Crippen molar-refractivity contribution in [2.75, 3.05) is 0 Å². The van der Waals surface area contributed by atoms with Crippen LogP contribution in [0.3, 0.4) is 0 Å². The Hall–Kier alpha value is 2.02. The minimum Gasteiger partial charge on any atom is -0.0901 e. The second kappa shape index (κ2) is 6.27. The number of hydrogen-bond acceptors (Lipinski definition) is 7. The second-order valence-corrected chi connectivity index (χ2v) is 33.9. The summed E-state index contributed by atoms with van der Waals surface area (Å²) in [5, 5.41) is 13.5. The summed E-state index contributed by atoms with van der Waals surface area (Å²) >= 11 is 6.10. The van der Waals surface area contributed by atoms with Crippen molar-refractivity contribution in [3.63, 3.8) is 0 Å². The van der Waals surface area contributed by atoms with Crippen molar-refractivity contribution in [1.29, 1.82) is 0 Å². The minimum absolute atomic E-state index is 0.888. The van der Waals surface area contributed by atoms with E-state index in [-0.39, 0.29) is 0 Å². The monoisotopic (exact) mass is 496 g/mol. The van der Waals surface area contributed by atoms with Gasteiger partial charge in [-0.2, -0.15) is 0 Å². The van der Waals surface area contributed by atoms with Crippen molar-refractivity contribution in [1.82, 2.24) is 0 Å². The summed E-state index contributed by atoms with van der Waals surface area (Å²) < 4.78 is 0.822. The first-order valence-corrected chi connectivity index (χ1v) is 20.3. The van der Waals surface area contributed by atoms with Gasteiger partial charge in [-0.1, -0.05) is 109 Å². The van der Waals surface area contributed by atoms with Gasteiger partial charge in [-0.15, -0.1) is 0 Å². The van der Waals surface area contributed by atoms with Gasteiger partial charge in [-0.05, 0) is 47.3 Å². The predicted molar refractivity (Wildman–Crippen MR) is 138 cm³/mol. The molecule has 0 aromatic heterocycles. The fourth-order valence-electron chi connectivity index (χ4n) is 5.05. The van der Waals surface area contributed by atoms with Crippen LogP contribution < -0.4 is 0 Å². The highest BCUT2D eigenvalue weighted by atomic mass is 34.1. The number of rotatable bonds is 0. The molecule has 0 N–H and O–H groups in total. The van der Waals surface area contributed by atoms with Gasteiger partial charge in [0.05, 0.1) is 8.47 Å². The predicted octanol–water partition coefficient (Wildman–Crippen LogP) is 9.40. The number of fused-ring (bicyclic) bond motifs is 2. The molecule has 0 bridgehead atoms. The molecule has 0 amide bonds. The van der Waals surface area contributed by atoms with Gasteiger partial charge in [-0.25, -0.2) is 0 Å². The summed E-state index contributed by atoms with van der Waals surface area (Å²) in [6.07, 6.45) is 11.7. The maximum atomic E-state index is 2.81. The highest BCUT2D eigenvalue weighted by Crippen LogP contribution is 3.29. The van der Waals surface area contributed by atoms with Crippen LogP contribution in [-0.2, 0) is 0 Å². The zero-order valence-electron chi connectivity index (χ0n) is 14.5. The zero-order valence-corrected chi connectivity index (χ0v) is 21.1. The molecular weight excluding hydrogens is 473 g/mol. The molecule has 4 atom stereocenters. The van der Waals surface area contributed by atoms with Gasteiger partial charge in [0, 0.05) is 21.0 Å². The lowest BCUT2D eigenvalue weighted by Gasteiger charge is -2.68. The van der Waals surface area contributed by atoms with Crippen LogP contribution in [0.15, 0.2) is 30.1 Å². The first-order valence-electron chi connectivity index (χ1n) is 9.59. The molecule has 2 aliphatic carbocycles. The molecule has 144 valence electrons. The maximum Gasteiger partial charge on any atom is 0.0698 e. The van der Waals surface area contributed by atoms with Gasteiger partial charge >= 0.3 is 0 Å². The Balaban J connectivity index is 1.57. The molecule has 0 aromatic rings. The van der Waals surface area contributed by atoms with Gasteiger partial charge in [0.25, 0.3) is 0 Å². The van der Waals surface area contributed by atoms with Crippen LogP contribution >= 0.6 is 82.9 Å². The standard InChI is InChI=1S/C18H24S8/c1-2-6-14-13(5-1)22-26(23-14,24-15-7-3-4-8-16(15)25-26)12-11-21-18(26)17-19-9-10-20-17/h9-16H,1-8H2. The van der Waals surface area contributed by atoms with Gasteiger partial charge in [0.15, 0.2) is 0 Å². The quantitative estimate of drug-likeness (QED) is 0.302. The zero-order chi connectivity index (χ0) is 17.3. The topological polar surface area (TPSA) is 0 Å². The van der Waals surface area contributed by atoms with Crippen LogP contribution in [0.2, 0.25) is 0 Å². The van der Waals surface area contributed by atoms with E-state index in [0.29, 0.717) is 0 Å². The van der Waals surface area contributed by atoms with E-state index >= 15 is 0 Å². The van der Waals surface area contributed by atoms with E-state index in [1.54, 1.807) is 8.47 Å². The summed E-state index contributed by atoms with van der Waals surface area (Å²) in [5.74, 6) is 0. The van der Waals surface area contributed by atoms with Crippen molar-refractivity contribution in [3.05, 3.63) is 30.1 Å². The summed E-state index contributed by atoms with van der Waals surface area (Å²) in [7, 11) is 10.0. The fraction of sp³-hybridized carbons (Fsp3) is 0.667. The first kappa shape index (κ1) is 18.8. The normalized spacial score (nSPS) is 46.8. The summed E-state index contributed by atoms with van der Waals surface area (Å²) in [4.78, 5) is 0. The molecule has 2 saturated carbocycles. The molecule has 4 unspecified atom stereocenters. The molecule has 8 heteroatoms. The molecule has 0 nitrogen and oxygen atoms in total. The van der Waals surface area contributed by atoms with E-state index in [1.165, 1.54) is 51.4 Å². The SMILES string of the molecule is C1=CSC(=C2SC=CS234(SC2CCCCC2S3)SC2CCCCC2S4)S1. The fourth-order valence-corrected chi connectivity index (χ4v) is 50.8. The van der Waals surface area contributed by atoms with Gasteiger partial charge < -0.3 is 0 Å².